The molecule has 4 nitrogen and oxygen atoms in total. The van der Waals surface area contributed by atoms with Crippen LogP contribution in [0.3, 0.4) is 0 Å². The van der Waals surface area contributed by atoms with Crippen LogP contribution in [-0.4, -0.2) is 13.4 Å². The lowest BCUT2D eigenvalue weighted by atomic mass is 10.2. The Kier molecular flexibility index (Phi) is 4.66. The van der Waals surface area contributed by atoms with Gasteiger partial charge < -0.3 is 5.73 Å². The second-order valence-corrected chi connectivity index (χ2v) is 8.86. The molecule has 0 amide bonds. The van der Waals surface area contributed by atoms with Crippen molar-refractivity contribution in [2.24, 2.45) is 5.73 Å². The number of thiophene rings is 1. The van der Waals surface area contributed by atoms with Gasteiger partial charge in [0.25, 0.3) is 10.0 Å². The van der Waals surface area contributed by atoms with Crippen molar-refractivity contribution >= 4 is 60.2 Å². The van der Waals surface area contributed by atoms with Gasteiger partial charge in [-0.05, 0) is 47.1 Å². The first-order valence-electron chi connectivity index (χ1n) is 5.59. The summed E-state index contributed by atoms with van der Waals surface area (Å²) in [6.07, 6.45) is 0. The summed E-state index contributed by atoms with van der Waals surface area (Å²) in [6, 6.07) is 5.02. The number of hydrogen-bond acceptors (Lipinski definition) is 4. The molecule has 0 atom stereocenters. The third-order valence-corrected chi connectivity index (χ3v) is 6.02. The van der Waals surface area contributed by atoms with E-state index in [0.717, 1.165) is 12.1 Å². The minimum Gasteiger partial charge on any atom is -0.389 e. The van der Waals surface area contributed by atoms with Crippen molar-refractivity contribution < 1.29 is 12.8 Å². The van der Waals surface area contributed by atoms with Crippen molar-refractivity contribution in [1.82, 2.24) is 0 Å². The Morgan fingerprint density at radius 1 is 1.43 bits per heavy atom. The highest BCUT2D eigenvalue weighted by atomic mass is 79.9. The number of thiocarbonyl (C=S) groups is 1. The second kappa shape index (κ2) is 5.99. The molecule has 0 aliphatic carbocycles. The zero-order valence-electron chi connectivity index (χ0n) is 10.7. The molecule has 0 saturated heterocycles. The first-order chi connectivity index (χ1) is 9.70. The molecule has 0 saturated carbocycles. The summed E-state index contributed by atoms with van der Waals surface area (Å²) in [7, 11) is -3.80. The van der Waals surface area contributed by atoms with Gasteiger partial charge in [-0.25, -0.2) is 12.8 Å². The van der Waals surface area contributed by atoms with Crippen molar-refractivity contribution in [1.29, 1.82) is 0 Å². The van der Waals surface area contributed by atoms with Crippen LogP contribution < -0.4 is 10.5 Å². The molecule has 1 heterocycles. The van der Waals surface area contributed by atoms with Gasteiger partial charge in [-0.15, -0.1) is 11.3 Å². The summed E-state index contributed by atoms with van der Waals surface area (Å²) in [5.41, 5.74) is 5.78. The number of anilines is 1. The zero-order chi connectivity index (χ0) is 15.8. The van der Waals surface area contributed by atoms with E-state index in [-0.39, 0.29) is 21.1 Å². The summed E-state index contributed by atoms with van der Waals surface area (Å²) in [6.45, 7) is 1.70. The van der Waals surface area contributed by atoms with Gasteiger partial charge in [-0.1, -0.05) is 12.2 Å². The standard InChI is InChI=1S/C12H10BrFN2O2S3/c1-6-10(5-11(13)20-6)21(17,18)16-9-3-2-7(14)4-8(9)12(15)19/h2-5,16H,1H3,(H2,15,19). The van der Waals surface area contributed by atoms with E-state index in [1.54, 1.807) is 6.92 Å². The lowest BCUT2D eigenvalue weighted by molar-refractivity contribution is 0.601. The topological polar surface area (TPSA) is 72.2 Å². The fourth-order valence-corrected chi connectivity index (χ4v) is 5.37. The Labute approximate surface area is 139 Å². The van der Waals surface area contributed by atoms with E-state index >= 15 is 0 Å². The molecule has 0 aliphatic heterocycles. The molecule has 0 spiro atoms. The van der Waals surface area contributed by atoms with E-state index in [4.69, 9.17) is 18.0 Å². The number of rotatable bonds is 4. The zero-order valence-corrected chi connectivity index (χ0v) is 14.7. The molecular formula is C12H10BrFN2O2S3. The van der Waals surface area contributed by atoms with Crippen LogP contribution in [0.2, 0.25) is 0 Å². The van der Waals surface area contributed by atoms with E-state index in [9.17, 15) is 12.8 Å². The third kappa shape index (κ3) is 3.60. The number of hydrogen-bond donors (Lipinski definition) is 2. The van der Waals surface area contributed by atoms with Crippen molar-refractivity contribution in [2.75, 3.05) is 4.72 Å². The van der Waals surface area contributed by atoms with Crippen LogP contribution in [0.4, 0.5) is 10.1 Å². The van der Waals surface area contributed by atoms with Gasteiger partial charge in [-0.3, -0.25) is 4.72 Å². The number of nitrogens with one attached hydrogen (secondary N) is 1. The second-order valence-electron chi connectivity index (χ2n) is 4.13. The minimum atomic E-state index is -3.80. The van der Waals surface area contributed by atoms with Gasteiger partial charge >= 0.3 is 0 Å². The lowest BCUT2D eigenvalue weighted by Gasteiger charge is -2.11. The molecule has 0 fully saturated rings. The van der Waals surface area contributed by atoms with Crippen LogP contribution in [0, 0.1) is 12.7 Å². The summed E-state index contributed by atoms with van der Waals surface area (Å²) in [4.78, 5) is 0.696. The Morgan fingerprint density at radius 3 is 2.62 bits per heavy atom. The Bertz CT molecular complexity index is 818. The summed E-state index contributed by atoms with van der Waals surface area (Å²) in [5, 5.41) is 0. The molecule has 0 radical (unpaired) electrons. The molecule has 112 valence electrons. The Morgan fingerprint density at radius 2 is 2.10 bits per heavy atom. The minimum absolute atomic E-state index is 0.0876. The summed E-state index contributed by atoms with van der Waals surface area (Å²) in [5.74, 6) is -0.546. The van der Waals surface area contributed by atoms with Crippen LogP contribution in [-0.2, 0) is 10.0 Å². The van der Waals surface area contributed by atoms with Crippen LogP contribution in [0.15, 0.2) is 32.9 Å². The van der Waals surface area contributed by atoms with E-state index in [1.165, 1.54) is 23.5 Å². The third-order valence-electron chi connectivity index (χ3n) is 2.62. The molecule has 2 aromatic rings. The summed E-state index contributed by atoms with van der Waals surface area (Å²) >= 11 is 9.37. The van der Waals surface area contributed by atoms with Gasteiger partial charge in [0.2, 0.25) is 0 Å². The normalized spacial score (nSPS) is 11.4. The monoisotopic (exact) mass is 408 g/mol. The highest BCUT2D eigenvalue weighted by Gasteiger charge is 2.21. The smallest absolute Gasteiger partial charge is 0.263 e. The van der Waals surface area contributed by atoms with Gasteiger partial charge in [0, 0.05) is 10.4 Å². The van der Waals surface area contributed by atoms with Crippen molar-refractivity contribution in [2.45, 2.75) is 11.8 Å². The Balaban J connectivity index is 2.47. The average Bonchev–Trinajstić information content (AvgIpc) is 2.71. The predicted octanol–water partition coefficient (Wildman–Crippen LogP) is 3.39. The van der Waals surface area contributed by atoms with E-state index < -0.39 is 15.8 Å². The predicted molar refractivity (Wildman–Crippen MR) is 89.9 cm³/mol. The number of sulfonamides is 1. The largest absolute Gasteiger partial charge is 0.389 e. The van der Waals surface area contributed by atoms with Crippen LogP contribution in [0.5, 0.6) is 0 Å². The average molecular weight is 409 g/mol. The molecule has 1 aromatic carbocycles. The fourth-order valence-electron chi connectivity index (χ4n) is 1.71. The van der Waals surface area contributed by atoms with Gasteiger partial charge in [0.1, 0.15) is 15.7 Å². The SMILES string of the molecule is Cc1sc(Br)cc1S(=O)(=O)Nc1ccc(F)cc1C(N)=S. The van der Waals surface area contributed by atoms with E-state index in [1.807, 2.05) is 0 Å². The highest BCUT2D eigenvalue weighted by molar-refractivity contribution is 9.11. The highest BCUT2D eigenvalue weighted by Crippen LogP contribution is 2.31. The number of benzene rings is 1. The molecular weight excluding hydrogens is 399 g/mol. The molecule has 0 aliphatic rings. The van der Waals surface area contributed by atoms with E-state index in [2.05, 4.69) is 20.7 Å². The molecule has 9 heteroatoms. The molecule has 2 rings (SSSR count). The van der Waals surface area contributed by atoms with Crippen LogP contribution in [0.1, 0.15) is 10.4 Å². The van der Waals surface area contributed by atoms with Crippen molar-refractivity contribution in [3.05, 3.63) is 44.3 Å². The van der Waals surface area contributed by atoms with Gasteiger partial charge in [-0.2, -0.15) is 0 Å². The van der Waals surface area contributed by atoms with Crippen molar-refractivity contribution in [3.63, 3.8) is 0 Å². The summed E-state index contributed by atoms with van der Waals surface area (Å²) < 4.78 is 41.1. The van der Waals surface area contributed by atoms with Crippen LogP contribution in [0.25, 0.3) is 0 Å². The number of nitrogens with two attached hydrogens (primary N) is 1. The van der Waals surface area contributed by atoms with Crippen molar-refractivity contribution in [3.8, 4) is 0 Å². The molecule has 0 unspecified atom stereocenters. The molecule has 3 N–H and O–H groups in total. The van der Waals surface area contributed by atoms with Gasteiger partial charge in [0.05, 0.1) is 9.47 Å². The molecule has 0 bridgehead atoms. The van der Waals surface area contributed by atoms with E-state index in [0.29, 0.717) is 8.66 Å². The van der Waals surface area contributed by atoms with Gasteiger partial charge in [0.15, 0.2) is 0 Å². The fraction of sp³-hybridized carbons (Fsp3) is 0.0833. The molecule has 1 aromatic heterocycles. The lowest BCUT2D eigenvalue weighted by Crippen LogP contribution is -2.18. The number of aryl methyl sites for hydroxylation is 1. The van der Waals surface area contributed by atoms with Crippen LogP contribution >= 0.6 is 39.5 Å². The maximum Gasteiger partial charge on any atom is 0.263 e. The first kappa shape index (κ1) is 16.3. The Hall–Kier alpha value is -1.03. The number of halogens is 2. The first-order valence-corrected chi connectivity index (χ1v) is 9.09. The maximum absolute atomic E-state index is 13.2. The maximum atomic E-state index is 13.2. The quantitative estimate of drug-likeness (QED) is 0.760. The molecule has 21 heavy (non-hydrogen) atoms.